The minimum absolute atomic E-state index is 0.175. The second kappa shape index (κ2) is 11.5. The summed E-state index contributed by atoms with van der Waals surface area (Å²) in [6.45, 7) is 5.02. The summed E-state index contributed by atoms with van der Waals surface area (Å²) in [5, 5.41) is 2.69. The first kappa shape index (κ1) is 25.5. The number of hydrogen-bond donors (Lipinski definition) is 1. The van der Waals surface area contributed by atoms with Gasteiger partial charge >= 0.3 is 0 Å². The molecule has 196 valence electrons. The van der Waals surface area contributed by atoms with Crippen molar-refractivity contribution in [3.05, 3.63) is 89.7 Å². The molecule has 1 N–H and O–H groups in total. The number of nitrogens with one attached hydrogen (secondary N) is 1. The van der Waals surface area contributed by atoms with Crippen molar-refractivity contribution in [2.24, 2.45) is 0 Å². The molecule has 1 atom stereocenters. The van der Waals surface area contributed by atoms with E-state index in [9.17, 15) is 12.8 Å². The number of fused-ring (bicyclic) bond motifs is 1. The number of rotatable bonds is 8. The molecule has 1 fully saturated rings. The van der Waals surface area contributed by atoms with Crippen LogP contribution >= 0.6 is 0 Å². The number of sulfone groups is 1. The highest BCUT2D eigenvalue weighted by atomic mass is 32.2. The van der Waals surface area contributed by atoms with Crippen LogP contribution < -0.4 is 15.0 Å². The summed E-state index contributed by atoms with van der Waals surface area (Å²) < 4.78 is 44.8. The number of anilines is 2. The topological polar surface area (TPSA) is 61.9 Å². The zero-order valence-electron chi connectivity index (χ0n) is 21.0. The Labute approximate surface area is 219 Å². The van der Waals surface area contributed by atoms with E-state index in [1.807, 2.05) is 36.4 Å². The minimum Gasteiger partial charge on any atom is -0.490 e. The summed E-state index contributed by atoms with van der Waals surface area (Å²) in [6.07, 6.45) is 1.41. The lowest BCUT2D eigenvalue weighted by Crippen LogP contribution is -2.47. The summed E-state index contributed by atoms with van der Waals surface area (Å²) in [6, 6.07) is 22.8. The molecule has 0 radical (unpaired) electrons. The predicted molar refractivity (Wildman–Crippen MR) is 147 cm³/mol. The Bertz CT molecular complexity index is 1250. The molecule has 0 saturated carbocycles. The fourth-order valence-corrected chi connectivity index (χ4v) is 6.46. The van der Waals surface area contributed by atoms with Gasteiger partial charge in [-0.3, -0.25) is 4.90 Å². The molecule has 2 aliphatic heterocycles. The first-order valence-electron chi connectivity index (χ1n) is 12.9. The molecule has 1 saturated heterocycles. The number of para-hydroxylation sites is 2. The van der Waals surface area contributed by atoms with Crippen molar-refractivity contribution in [2.75, 3.05) is 61.8 Å². The van der Waals surface area contributed by atoms with Crippen LogP contribution in [0.15, 0.2) is 72.8 Å². The molecule has 1 unspecified atom stereocenters. The lowest BCUT2D eigenvalue weighted by Gasteiger charge is -2.36. The molecule has 2 heterocycles. The summed E-state index contributed by atoms with van der Waals surface area (Å²) in [7, 11) is -3.25. The fraction of sp³-hybridized carbons (Fsp3) is 0.379. The number of nitrogens with zero attached hydrogens (tertiary/aromatic N) is 2. The zero-order chi connectivity index (χ0) is 25.7. The van der Waals surface area contributed by atoms with Crippen LogP contribution in [0.2, 0.25) is 0 Å². The highest BCUT2D eigenvalue weighted by molar-refractivity contribution is 7.92. The monoisotopic (exact) mass is 523 g/mol. The van der Waals surface area contributed by atoms with Crippen molar-refractivity contribution < 1.29 is 17.5 Å². The Morgan fingerprint density at radius 2 is 1.57 bits per heavy atom. The van der Waals surface area contributed by atoms with Gasteiger partial charge in [-0.15, -0.1) is 0 Å². The largest absolute Gasteiger partial charge is 0.490 e. The number of benzene rings is 3. The normalized spacial score (nSPS) is 18.4. The first-order valence-corrected chi connectivity index (χ1v) is 14.7. The van der Waals surface area contributed by atoms with Gasteiger partial charge in [0.25, 0.3) is 0 Å². The van der Waals surface area contributed by atoms with Crippen molar-refractivity contribution in [1.29, 1.82) is 0 Å². The van der Waals surface area contributed by atoms with E-state index in [0.29, 0.717) is 18.7 Å². The van der Waals surface area contributed by atoms with Gasteiger partial charge in [0.1, 0.15) is 23.4 Å². The Hall–Kier alpha value is -3.10. The van der Waals surface area contributed by atoms with Crippen LogP contribution in [-0.4, -0.2) is 70.2 Å². The third-order valence-corrected chi connectivity index (χ3v) is 9.41. The van der Waals surface area contributed by atoms with Crippen LogP contribution in [0.3, 0.4) is 0 Å². The third-order valence-electron chi connectivity index (χ3n) is 7.24. The third kappa shape index (κ3) is 6.62. The summed E-state index contributed by atoms with van der Waals surface area (Å²) >= 11 is 0. The molecule has 0 aromatic heterocycles. The number of hydrogen-bond acceptors (Lipinski definition) is 6. The molecule has 0 spiro atoms. The molecule has 3 aromatic carbocycles. The lowest BCUT2D eigenvalue weighted by atomic mass is 10.0. The van der Waals surface area contributed by atoms with E-state index in [1.165, 1.54) is 23.4 Å². The van der Waals surface area contributed by atoms with Crippen LogP contribution in [0, 0.1) is 5.82 Å². The van der Waals surface area contributed by atoms with Crippen molar-refractivity contribution in [3.8, 4) is 5.75 Å². The second-order valence-electron chi connectivity index (χ2n) is 9.83. The average Bonchev–Trinajstić information content (AvgIpc) is 3.14. The molecular weight excluding hydrogens is 489 g/mol. The van der Waals surface area contributed by atoms with Gasteiger partial charge in [0.05, 0.1) is 11.4 Å². The van der Waals surface area contributed by atoms with Crippen LogP contribution in [0.1, 0.15) is 17.5 Å². The molecule has 3 aromatic rings. The van der Waals surface area contributed by atoms with Gasteiger partial charge in [-0.05, 0) is 66.9 Å². The molecule has 5 rings (SSSR count). The standard InChI is InChI=1S/C29H34FN3O3S/c30-25-10-6-23(7-11-25)20-24-8-12-26(13-9-24)33-17-15-32(16-18-33)14-3-19-37(34,35)27-21-31-28-4-1-2-5-29(28)36-22-27/h1-2,4-13,27,31H,3,14-22H2. The van der Waals surface area contributed by atoms with E-state index in [2.05, 4.69) is 39.4 Å². The van der Waals surface area contributed by atoms with Crippen molar-refractivity contribution in [3.63, 3.8) is 0 Å². The molecule has 0 amide bonds. The molecule has 8 heteroatoms. The minimum atomic E-state index is -3.25. The quantitative estimate of drug-likeness (QED) is 0.477. The zero-order valence-corrected chi connectivity index (χ0v) is 21.8. The molecule has 0 aliphatic carbocycles. The van der Waals surface area contributed by atoms with Crippen molar-refractivity contribution in [2.45, 2.75) is 18.1 Å². The van der Waals surface area contributed by atoms with Gasteiger partial charge in [0.2, 0.25) is 0 Å². The Morgan fingerprint density at radius 3 is 2.30 bits per heavy atom. The van der Waals surface area contributed by atoms with Crippen LogP contribution in [0.5, 0.6) is 5.75 Å². The van der Waals surface area contributed by atoms with Gasteiger partial charge in [0.15, 0.2) is 9.84 Å². The van der Waals surface area contributed by atoms with E-state index in [-0.39, 0.29) is 18.2 Å². The van der Waals surface area contributed by atoms with E-state index in [1.54, 1.807) is 0 Å². The molecule has 6 nitrogen and oxygen atoms in total. The number of halogens is 1. The molecule has 2 aliphatic rings. The van der Waals surface area contributed by atoms with Crippen LogP contribution in [0.25, 0.3) is 0 Å². The molecule has 37 heavy (non-hydrogen) atoms. The predicted octanol–water partition coefficient (Wildman–Crippen LogP) is 4.22. The maximum atomic E-state index is 13.1. The van der Waals surface area contributed by atoms with Gasteiger partial charge in [-0.25, -0.2) is 12.8 Å². The van der Waals surface area contributed by atoms with E-state index >= 15 is 0 Å². The first-order chi connectivity index (χ1) is 18.0. The number of piperazine rings is 1. The smallest absolute Gasteiger partial charge is 0.158 e. The van der Waals surface area contributed by atoms with E-state index in [0.717, 1.165) is 50.4 Å². The molecular formula is C29H34FN3O3S. The summed E-state index contributed by atoms with van der Waals surface area (Å²) in [5.74, 6) is 0.674. The number of ether oxygens (including phenoxy) is 1. The molecule has 0 bridgehead atoms. The van der Waals surface area contributed by atoms with E-state index in [4.69, 9.17) is 4.74 Å². The van der Waals surface area contributed by atoms with Gasteiger partial charge in [0, 0.05) is 38.4 Å². The summed E-state index contributed by atoms with van der Waals surface area (Å²) in [5.41, 5.74) is 4.35. The average molecular weight is 524 g/mol. The van der Waals surface area contributed by atoms with E-state index < -0.39 is 15.1 Å². The van der Waals surface area contributed by atoms with Gasteiger partial charge < -0.3 is 15.0 Å². The Balaban J connectivity index is 1.05. The SMILES string of the molecule is O=S(=O)(CCCN1CCN(c2ccc(Cc3ccc(F)cc3)cc2)CC1)C1CNc2ccccc2OC1. The fourth-order valence-electron chi connectivity index (χ4n) is 4.98. The van der Waals surface area contributed by atoms with Crippen LogP contribution in [0.4, 0.5) is 15.8 Å². The Morgan fingerprint density at radius 1 is 0.892 bits per heavy atom. The van der Waals surface area contributed by atoms with Gasteiger partial charge in [-0.1, -0.05) is 36.4 Å². The van der Waals surface area contributed by atoms with Gasteiger partial charge in [-0.2, -0.15) is 0 Å². The lowest BCUT2D eigenvalue weighted by molar-refractivity contribution is 0.258. The highest BCUT2D eigenvalue weighted by Crippen LogP contribution is 2.27. The highest BCUT2D eigenvalue weighted by Gasteiger charge is 2.29. The van der Waals surface area contributed by atoms with Crippen molar-refractivity contribution >= 4 is 21.2 Å². The maximum Gasteiger partial charge on any atom is 0.158 e. The van der Waals surface area contributed by atoms with Crippen molar-refractivity contribution in [1.82, 2.24) is 4.90 Å². The maximum absolute atomic E-state index is 13.1. The van der Waals surface area contributed by atoms with Crippen LogP contribution in [-0.2, 0) is 16.3 Å². The Kier molecular flexibility index (Phi) is 7.96. The summed E-state index contributed by atoms with van der Waals surface area (Å²) in [4.78, 5) is 4.73. The second-order valence-corrected chi connectivity index (χ2v) is 12.2.